The Morgan fingerprint density at radius 3 is 2.50 bits per heavy atom. The first kappa shape index (κ1) is 13.7. The average molecular weight is 231 g/mol. The number of rotatable bonds is 1. The third kappa shape index (κ3) is 3.04. The van der Waals surface area contributed by atoms with Gasteiger partial charge in [0.25, 0.3) is 0 Å². The first-order valence-electron chi connectivity index (χ1n) is 2.50. The summed E-state index contributed by atoms with van der Waals surface area (Å²) in [6.45, 7) is 0. The molecule has 0 aromatic carbocycles. The van der Waals surface area contributed by atoms with Crippen LogP contribution in [0.15, 0.2) is 18.3 Å². The number of aromatic nitrogens is 1. The number of hydrogen-bond donors (Lipinski definition) is 1. The summed E-state index contributed by atoms with van der Waals surface area (Å²) in [6.07, 6.45) is 1.25. The van der Waals surface area contributed by atoms with Crippen LogP contribution in [-0.4, -0.2) is 15.0 Å². The Balaban J connectivity index is 0. The molecular weight excluding hydrogens is 227 g/mol. The summed E-state index contributed by atoms with van der Waals surface area (Å²) in [5, 5.41) is 18.8. The summed E-state index contributed by atoms with van der Waals surface area (Å²) < 4.78 is 0. The zero-order valence-corrected chi connectivity index (χ0v) is 7.48. The SMILES string of the molecule is O=[N+]([O-])c1ncccc1O.[Cl-].[Fe]. The van der Waals surface area contributed by atoms with Crippen LogP contribution in [0.2, 0.25) is 0 Å². The summed E-state index contributed by atoms with van der Waals surface area (Å²) in [7, 11) is 0. The van der Waals surface area contributed by atoms with Crippen LogP contribution in [0.4, 0.5) is 5.82 Å². The van der Waals surface area contributed by atoms with E-state index >= 15 is 0 Å². The fourth-order valence-electron chi connectivity index (χ4n) is 0.529. The maximum Gasteiger partial charge on any atom is 0.405 e. The molecule has 1 rings (SSSR count). The molecule has 1 aromatic rings. The fourth-order valence-corrected chi connectivity index (χ4v) is 0.529. The van der Waals surface area contributed by atoms with Crippen LogP contribution < -0.4 is 12.4 Å². The average Bonchev–Trinajstić information content (AvgIpc) is 1.88. The number of hydrogen-bond acceptors (Lipinski definition) is 4. The molecule has 1 N–H and O–H groups in total. The van der Waals surface area contributed by atoms with Gasteiger partial charge in [-0.1, -0.05) is 0 Å². The van der Waals surface area contributed by atoms with Gasteiger partial charge in [0.05, 0.1) is 0 Å². The zero-order valence-electron chi connectivity index (χ0n) is 5.62. The molecule has 5 nitrogen and oxygen atoms in total. The second kappa shape index (κ2) is 5.76. The van der Waals surface area contributed by atoms with Crippen LogP contribution in [0.25, 0.3) is 0 Å². The minimum absolute atomic E-state index is 0. The first-order valence-corrected chi connectivity index (χ1v) is 2.50. The molecule has 0 atom stereocenters. The monoisotopic (exact) mass is 231 g/mol. The van der Waals surface area contributed by atoms with Crippen molar-refractivity contribution in [2.45, 2.75) is 0 Å². The molecule has 0 saturated heterocycles. The molecule has 68 valence electrons. The molecule has 0 aliphatic carbocycles. The largest absolute Gasteiger partial charge is 1.00 e. The summed E-state index contributed by atoms with van der Waals surface area (Å²) in [5.41, 5.74) is 0. The summed E-state index contributed by atoms with van der Waals surface area (Å²) in [5.74, 6) is -0.921. The molecule has 7 heteroatoms. The Labute approximate surface area is 84.8 Å². The molecule has 0 spiro atoms. The van der Waals surface area contributed by atoms with E-state index < -0.39 is 16.5 Å². The van der Waals surface area contributed by atoms with Gasteiger partial charge in [-0.2, -0.15) is 0 Å². The minimum atomic E-state index is -0.741. The Bertz CT molecular complexity index is 271. The molecule has 0 aliphatic heterocycles. The van der Waals surface area contributed by atoms with Gasteiger partial charge in [0, 0.05) is 17.1 Å². The summed E-state index contributed by atoms with van der Waals surface area (Å²) in [4.78, 5) is 12.6. The summed E-state index contributed by atoms with van der Waals surface area (Å²) >= 11 is 0. The van der Waals surface area contributed by atoms with Crippen molar-refractivity contribution in [2.75, 3.05) is 0 Å². The second-order valence-electron chi connectivity index (χ2n) is 1.60. The Morgan fingerprint density at radius 2 is 2.17 bits per heavy atom. The first-order chi connectivity index (χ1) is 4.72. The fraction of sp³-hybridized carbons (Fsp3) is 0. The molecular formula is C5H4ClFeN2O3-. The molecule has 1 heterocycles. The van der Waals surface area contributed by atoms with Gasteiger partial charge in [0.15, 0.2) is 0 Å². The molecule has 0 amide bonds. The van der Waals surface area contributed by atoms with Crippen LogP contribution in [0, 0.1) is 10.1 Å². The van der Waals surface area contributed by atoms with Gasteiger partial charge in [-0.15, -0.1) is 0 Å². The van der Waals surface area contributed by atoms with Crippen molar-refractivity contribution in [1.82, 2.24) is 4.98 Å². The van der Waals surface area contributed by atoms with E-state index in [0.717, 1.165) is 0 Å². The third-order valence-electron chi connectivity index (χ3n) is 0.939. The Hall–Kier alpha value is -0.841. The van der Waals surface area contributed by atoms with Crippen LogP contribution in [0.1, 0.15) is 0 Å². The Morgan fingerprint density at radius 1 is 1.58 bits per heavy atom. The van der Waals surface area contributed by atoms with Gasteiger partial charge in [0.2, 0.25) is 5.75 Å². The number of aromatic hydroxyl groups is 1. The van der Waals surface area contributed by atoms with Gasteiger partial charge in [-0.05, 0) is 22.0 Å². The van der Waals surface area contributed by atoms with E-state index in [1.54, 1.807) is 0 Å². The smallest absolute Gasteiger partial charge is 0.405 e. The molecule has 1 aromatic heterocycles. The van der Waals surface area contributed by atoms with Crippen molar-refractivity contribution in [3.05, 3.63) is 28.4 Å². The van der Waals surface area contributed by atoms with E-state index in [4.69, 9.17) is 5.11 Å². The second-order valence-corrected chi connectivity index (χ2v) is 1.60. The van der Waals surface area contributed by atoms with Crippen LogP contribution >= 0.6 is 0 Å². The minimum Gasteiger partial charge on any atom is -1.00 e. The quantitative estimate of drug-likeness (QED) is 0.335. The number of halogens is 1. The number of nitrogens with zero attached hydrogens (tertiary/aromatic N) is 2. The maximum absolute atomic E-state index is 10.0. The van der Waals surface area contributed by atoms with Gasteiger partial charge in [-0.3, -0.25) is 0 Å². The zero-order chi connectivity index (χ0) is 7.56. The van der Waals surface area contributed by atoms with Crippen molar-refractivity contribution in [3.8, 4) is 5.75 Å². The topological polar surface area (TPSA) is 76.3 Å². The van der Waals surface area contributed by atoms with Gasteiger partial charge in [-0.25, -0.2) is 0 Å². The molecule has 0 aliphatic rings. The standard InChI is InChI=1S/C5H4N2O3.ClH.Fe/c8-4-2-1-3-6-5(4)7(9)10;;/h1-3,8H;1H;/p-1. The molecule has 0 fully saturated rings. The molecule has 0 radical (unpaired) electrons. The number of nitro groups is 1. The molecule has 0 bridgehead atoms. The van der Waals surface area contributed by atoms with Gasteiger partial charge < -0.3 is 27.6 Å². The van der Waals surface area contributed by atoms with E-state index in [1.165, 1.54) is 18.3 Å². The van der Waals surface area contributed by atoms with E-state index in [0.29, 0.717) is 0 Å². The van der Waals surface area contributed by atoms with Crippen molar-refractivity contribution in [1.29, 1.82) is 0 Å². The van der Waals surface area contributed by atoms with Gasteiger partial charge in [0.1, 0.15) is 6.20 Å². The van der Waals surface area contributed by atoms with E-state index in [9.17, 15) is 10.1 Å². The van der Waals surface area contributed by atoms with E-state index in [1.807, 2.05) is 0 Å². The molecule has 0 saturated carbocycles. The van der Waals surface area contributed by atoms with E-state index in [2.05, 4.69) is 4.98 Å². The third-order valence-corrected chi connectivity index (χ3v) is 0.939. The van der Waals surface area contributed by atoms with E-state index in [-0.39, 0.29) is 29.5 Å². The predicted octanol–water partition coefficient (Wildman–Crippen LogP) is -2.30. The van der Waals surface area contributed by atoms with Crippen LogP contribution in [0.3, 0.4) is 0 Å². The normalized spacial score (nSPS) is 7.67. The maximum atomic E-state index is 10.0. The van der Waals surface area contributed by atoms with Gasteiger partial charge >= 0.3 is 5.82 Å². The molecule has 12 heavy (non-hydrogen) atoms. The van der Waals surface area contributed by atoms with Crippen LogP contribution in [-0.2, 0) is 17.1 Å². The molecule has 0 unspecified atom stereocenters. The van der Waals surface area contributed by atoms with Crippen molar-refractivity contribution in [3.63, 3.8) is 0 Å². The van der Waals surface area contributed by atoms with Crippen molar-refractivity contribution < 1.29 is 39.5 Å². The van der Waals surface area contributed by atoms with Crippen LogP contribution in [0.5, 0.6) is 5.75 Å². The predicted molar refractivity (Wildman–Crippen MR) is 32.6 cm³/mol. The van der Waals surface area contributed by atoms with Crippen molar-refractivity contribution >= 4 is 5.82 Å². The Kier molecular flexibility index (Phi) is 6.60. The summed E-state index contributed by atoms with van der Waals surface area (Å²) in [6, 6.07) is 2.63. The number of pyridine rings is 1. The van der Waals surface area contributed by atoms with Crippen molar-refractivity contribution in [2.24, 2.45) is 0 Å².